The minimum Gasteiger partial charge on any atom is -0.481 e. The third-order valence-corrected chi connectivity index (χ3v) is 4.72. The van der Waals surface area contributed by atoms with Crippen molar-refractivity contribution in [2.75, 3.05) is 20.8 Å². The predicted molar refractivity (Wildman–Crippen MR) is 80.6 cm³/mol. The standard InChI is InChI=1S/C14H24N2O3S/c1-6-7-14(2,3)10(9-17)20-13-15-11(18-4)8-12(16-13)19-5/h8,10,17H,6-7,9H2,1-5H3. The van der Waals surface area contributed by atoms with Crippen LogP contribution in [0, 0.1) is 5.41 Å². The molecule has 0 saturated carbocycles. The lowest BCUT2D eigenvalue weighted by molar-refractivity contribution is 0.211. The molecule has 0 amide bonds. The Bertz CT molecular complexity index is 405. The lowest BCUT2D eigenvalue weighted by Crippen LogP contribution is -2.30. The van der Waals surface area contributed by atoms with E-state index in [9.17, 15) is 5.11 Å². The van der Waals surface area contributed by atoms with E-state index >= 15 is 0 Å². The van der Waals surface area contributed by atoms with Crippen molar-refractivity contribution in [2.45, 2.75) is 44.0 Å². The highest BCUT2D eigenvalue weighted by Crippen LogP contribution is 2.38. The zero-order chi connectivity index (χ0) is 15.2. The first-order valence-corrected chi connectivity index (χ1v) is 7.59. The van der Waals surface area contributed by atoms with Gasteiger partial charge in [0.2, 0.25) is 11.8 Å². The first kappa shape index (κ1) is 17.0. The van der Waals surface area contributed by atoms with Crippen LogP contribution in [0.5, 0.6) is 11.8 Å². The number of aliphatic hydroxyl groups excluding tert-OH is 1. The first-order valence-electron chi connectivity index (χ1n) is 6.71. The van der Waals surface area contributed by atoms with Crippen molar-refractivity contribution in [1.82, 2.24) is 9.97 Å². The number of hydrogen-bond donors (Lipinski definition) is 1. The molecule has 1 atom stereocenters. The Kier molecular flexibility index (Phi) is 6.55. The average Bonchev–Trinajstić information content (AvgIpc) is 2.43. The predicted octanol–water partition coefficient (Wildman–Crippen LogP) is 2.77. The van der Waals surface area contributed by atoms with E-state index in [0.29, 0.717) is 16.9 Å². The molecule has 0 spiro atoms. The van der Waals surface area contributed by atoms with Crippen molar-refractivity contribution in [3.63, 3.8) is 0 Å². The van der Waals surface area contributed by atoms with Crippen molar-refractivity contribution in [1.29, 1.82) is 0 Å². The summed E-state index contributed by atoms with van der Waals surface area (Å²) in [5.41, 5.74) is 0.00778. The summed E-state index contributed by atoms with van der Waals surface area (Å²) >= 11 is 1.46. The smallest absolute Gasteiger partial charge is 0.220 e. The molecule has 0 fully saturated rings. The first-order chi connectivity index (χ1) is 9.46. The summed E-state index contributed by atoms with van der Waals surface area (Å²) in [5.74, 6) is 0.925. The third kappa shape index (κ3) is 4.52. The highest BCUT2D eigenvalue weighted by molar-refractivity contribution is 7.99. The van der Waals surface area contributed by atoms with Gasteiger partial charge in [0.05, 0.1) is 26.9 Å². The highest BCUT2D eigenvalue weighted by atomic mass is 32.2. The van der Waals surface area contributed by atoms with Gasteiger partial charge in [-0.1, -0.05) is 39.0 Å². The number of hydrogen-bond acceptors (Lipinski definition) is 6. The van der Waals surface area contributed by atoms with Crippen LogP contribution in [-0.2, 0) is 0 Å². The lowest BCUT2D eigenvalue weighted by Gasteiger charge is -2.32. The molecule has 0 radical (unpaired) electrons. The molecule has 0 aliphatic rings. The zero-order valence-electron chi connectivity index (χ0n) is 12.8. The number of aromatic nitrogens is 2. The number of rotatable bonds is 8. The molecule has 0 saturated heterocycles. The summed E-state index contributed by atoms with van der Waals surface area (Å²) in [6, 6.07) is 1.63. The molecule has 6 heteroatoms. The maximum atomic E-state index is 9.66. The molecule has 1 aromatic rings. The van der Waals surface area contributed by atoms with Gasteiger partial charge >= 0.3 is 0 Å². The van der Waals surface area contributed by atoms with Crippen LogP contribution in [0.2, 0.25) is 0 Å². The van der Waals surface area contributed by atoms with Crippen LogP contribution in [0.3, 0.4) is 0 Å². The summed E-state index contributed by atoms with van der Waals surface area (Å²) in [7, 11) is 3.11. The minimum atomic E-state index is 0.00778. The van der Waals surface area contributed by atoms with Crippen LogP contribution in [0.4, 0.5) is 0 Å². The van der Waals surface area contributed by atoms with E-state index in [1.54, 1.807) is 20.3 Å². The van der Waals surface area contributed by atoms with Gasteiger partial charge in [0.1, 0.15) is 0 Å². The number of methoxy groups -OCH3 is 2. The van der Waals surface area contributed by atoms with Gasteiger partial charge in [-0.05, 0) is 11.8 Å². The molecular weight excluding hydrogens is 276 g/mol. The molecule has 5 nitrogen and oxygen atoms in total. The van der Waals surface area contributed by atoms with Crippen LogP contribution < -0.4 is 9.47 Å². The molecule has 0 bridgehead atoms. The number of ether oxygens (including phenoxy) is 2. The second-order valence-electron chi connectivity index (χ2n) is 5.26. The molecule has 1 rings (SSSR count). The molecule has 0 aromatic carbocycles. The quantitative estimate of drug-likeness (QED) is 0.588. The van der Waals surface area contributed by atoms with Crippen LogP contribution in [-0.4, -0.2) is 41.2 Å². The number of thioether (sulfide) groups is 1. The van der Waals surface area contributed by atoms with Crippen molar-refractivity contribution < 1.29 is 14.6 Å². The summed E-state index contributed by atoms with van der Waals surface area (Å²) in [5, 5.41) is 10.3. The van der Waals surface area contributed by atoms with E-state index in [1.807, 2.05) is 0 Å². The Morgan fingerprint density at radius 3 is 2.20 bits per heavy atom. The van der Waals surface area contributed by atoms with Crippen molar-refractivity contribution in [3.8, 4) is 11.8 Å². The average molecular weight is 300 g/mol. The second kappa shape index (κ2) is 7.69. The van der Waals surface area contributed by atoms with Gasteiger partial charge in [0.15, 0.2) is 5.16 Å². The fourth-order valence-electron chi connectivity index (χ4n) is 2.02. The Labute approximate surface area is 125 Å². The van der Waals surface area contributed by atoms with E-state index in [-0.39, 0.29) is 17.3 Å². The van der Waals surface area contributed by atoms with Crippen LogP contribution in [0.25, 0.3) is 0 Å². The van der Waals surface area contributed by atoms with E-state index in [2.05, 4.69) is 30.7 Å². The van der Waals surface area contributed by atoms with Gasteiger partial charge in [-0.3, -0.25) is 0 Å². The summed E-state index contributed by atoms with van der Waals surface area (Å²) in [6.07, 6.45) is 2.11. The fraction of sp³-hybridized carbons (Fsp3) is 0.714. The fourth-order valence-corrected chi connectivity index (χ4v) is 3.07. The maximum absolute atomic E-state index is 9.66. The van der Waals surface area contributed by atoms with Gasteiger partial charge in [0, 0.05) is 5.25 Å². The largest absolute Gasteiger partial charge is 0.481 e. The molecule has 20 heavy (non-hydrogen) atoms. The number of aliphatic hydroxyl groups is 1. The van der Waals surface area contributed by atoms with Gasteiger partial charge in [-0.15, -0.1) is 0 Å². The monoisotopic (exact) mass is 300 g/mol. The molecule has 1 unspecified atom stereocenters. The van der Waals surface area contributed by atoms with Gasteiger partial charge in [0.25, 0.3) is 0 Å². The SMILES string of the molecule is CCCC(C)(C)C(CO)Sc1nc(OC)cc(OC)n1. The molecule has 1 heterocycles. The second-order valence-corrected chi connectivity index (χ2v) is 6.43. The summed E-state index contributed by atoms with van der Waals surface area (Å²) in [4.78, 5) is 8.60. The Balaban J connectivity index is 2.94. The van der Waals surface area contributed by atoms with Crippen molar-refractivity contribution in [3.05, 3.63) is 6.07 Å². The van der Waals surface area contributed by atoms with Crippen molar-refractivity contribution in [2.24, 2.45) is 5.41 Å². The number of nitrogens with zero attached hydrogens (tertiary/aromatic N) is 2. The highest BCUT2D eigenvalue weighted by Gasteiger charge is 2.30. The minimum absolute atomic E-state index is 0.00778. The van der Waals surface area contributed by atoms with E-state index in [1.165, 1.54) is 11.8 Å². The Morgan fingerprint density at radius 1 is 1.25 bits per heavy atom. The van der Waals surface area contributed by atoms with Gasteiger partial charge in [-0.2, -0.15) is 9.97 Å². The van der Waals surface area contributed by atoms with Crippen molar-refractivity contribution >= 4 is 11.8 Å². The molecule has 1 N–H and O–H groups in total. The topological polar surface area (TPSA) is 64.5 Å². The van der Waals surface area contributed by atoms with Crippen LogP contribution in [0.1, 0.15) is 33.6 Å². The van der Waals surface area contributed by atoms with Gasteiger partial charge < -0.3 is 14.6 Å². The molecule has 0 aliphatic carbocycles. The van der Waals surface area contributed by atoms with E-state index in [0.717, 1.165) is 12.8 Å². The van der Waals surface area contributed by atoms with Gasteiger partial charge in [-0.25, -0.2) is 0 Å². The summed E-state index contributed by atoms with van der Waals surface area (Å²) in [6.45, 7) is 6.54. The molecule has 0 aliphatic heterocycles. The van der Waals surface area contributed by atoms with Crippen LogP contribution >= 0.6 is 11.8 Å². The maximum Gasteiger partial charge on any atom is 0.220 e. The summed E-state index contributed by atoms with van der Waals surface area (Å²) < 4.78 is 10.3. The lowest BCUT2D eigenvalue weighted by atomic mass is 9.84. The Morgan fingerprint density at radius 2 is 1.80 bits per heavy atom. The van der Waals surface area contributed by atoms with E-state index < -0.39 is 0 Å². The zero-order valence-corrected chi connectivity index (χ0v) is 13.7. The third-order valence-electron chi connectivity index (χ3n) is 3.26. The van der Waals surface area contributed by atoms with E-state index in [4.69, 9.17) is 9.47 Å². The normalized spacial score (nSPS) is 13.1. The molecular formula is C14H24N2O3S. The van der Waals surface area contributed by atoms with Crippen LogP contribution in [0.15, 0.2) is 11.2 Å². The molecule has 1 aromatic heterocycles. The Hall–Kier alpha value is -1.01. The molecule has 114 valence electrons.